The first-order valence-corrected chi connectivity index (χ1v) is 12.8. The van der Waals surface area contributed by atoms with Crippen molar-refractivity contribution in [1.29, 1.82) is 0 Å². The summed E-state index contributed by atoms with van der Waals surface area (Å²) < 4.78 is 50.6. The standard InChI is InChI=1S/C12H20N3O14P3/c1-6-13-9(14-7(2)16)3-4-15(6)12-11(18)10(17)8(27-12)5-26-31(22,23)29-32(24,25)28-30(19,20)21/h3-4,8,10-12,17-18H,1,5H2,2H3,(H,22,23)(H,24,25)(H,13,14,16)(H2,19,20,21)/t8-,10+,11?,12-/m1/s1. The average molecular weight is 523 g/mol. The molecule has 2 aliphatic rings. The number of phosphoric ester groups is 1. The van der Waals surface area contributed by atoms with Crippen LogP contribution in [-0.4, -0.2) is 77.6 Å². The van der Waals surface area contributed by atoms with Gasteiger partial charge in [0.1, 0.15) is 30.0 Å². The van der Waals surface area contributed by atoms with Crippen LogP contribution in [0.1, 0.15) is 6.92 Å². The topological polar surface area (TPSA) is 254 Å². The van der Waals surface area contributed by atoms with E-state index in [1.54, 1.807) is 0 Å². The van der Waals surface area contributed by atoms with Crippen LogP contribution in [0.5, 0.6) is 0 Å². The largest absolute Gasteiger partial charge is 0.490 e. The molecule has 1 fully saturated rings. The van der Waals surface area contributed by atoms with Crippen LogP contribution in [0.4, 0.5) is 0 Å². The van der Waals surface area contributed by atoms with Gasteiger partial charge in [-0.3, -0.25) is 9.32 Å². The number of nitrogens with one attached hydrogen (secondary N) is 1. The summed E-state index contributed by atoms with van der Waals surface area (Å²) in [6.45, 7) is 3.92. The van der Waals surface area contributed by atoms with Crippen LogP contribution < -0.4 is 5.32 Å². The molecule has 6 atom stereocenters. The van der Waals surface area contributed by atoms with Crippen molar-refractivity contribution in [2.45, 2.75) is 31.5 Å². The van der Waals surface area contributed by atoms with Gasteiger partial charge in [0.15, 0.2) is 6.23 Å². The molecule has 1 amide bonds. The Kier molecular flexibility index (Phi) is 8.35. The van der Waals surface area contributed by atoms with Crippen molar-refractivity contribution in [3.05, 3.63) is 24.7 Å². The molecule has 17 nitrogen and oxygen atoms in total. The van der Waals surface area contributed by atoms with Crippen LogP contribution in [0.2, 0.25) is 0 Å². The highest BCUT2D eigenvalue weighted by Gasteiger charge is 2.48. The number of rotatable bonds is 8. The number of carbonyl (C=O) groups is 1. The highest BCUT2D eigenvalue weighted by atomic mass is 31.3. The number of ether oxygens (including phenoxy) is 1. The Labute approximate surface area is 180 Å². The number of aliphatic hydroxyl groups is 2. The lowest BCUT2D eigenvalue weighted by Crippen LogP contribution is -2.42. The summed E-state index contributed by atoms with van der Waals surface area (Å²) in [7, 11) is -16.7. The van der Waals surface area contributed by atoms with Crippen molar-refractivity contribution in [3.8, 4) is 0 Å². The molecule has 0 aromatic heterocycles. The number of amidine groups is 1. The van der Waals surface area contributed by atoms with Crippen molar-refractivity contribution >= 4 is 35.2 Å². The fourth-order valence-electron chi connectivity index (χ4n) is 2.52. The van der Waals surface area contributed by atoms with E-state index in [9.17, 15) is 33.6 Å². The Balaban J connectivity index is 2.00. The minimum Gasteiger partial charge on any atom is -0.387 e. The smallest absolute Gasteiger partial charge is 0.387 e. The molecule has 32 heavy (non-hydrogen) atoms. The van der Waals surface area contributed by atoms with Crippen molar-refractivity contribution in [3.63, 3.8) is 0 Å². The van der Waals surface area contributed by atoms with Crippen molar-refractivity contribution in [1.82, 2.24) is 10.2 Å². The molecule has 0 saturated carbocycles. The Morgan fingerprint density at radius 1 is 1.19 bits per heavy atom. The van der Waals surface area contributed by atoms with E-state index in [0.29, 0.717) is 0 Å². The summed E-state index contributed by atoms with van der Waals surface area (Å²) in [4.78, 5) is 51.8. The van der Waals surface area contributed by atoms with Gasteiger partial charge in [-0.2, -0.15) is 8.62 Å². The first-order chi connectivity index (χ1) is 14.5. The van der Waals surface area contributed by atoms with E-state index in [1.807, 2.05) is 0 Å². The Hall–Kier alpha value is -1.29. The number of nitrogens with zero attached hydrogens (tertiary/aromatic N) is 2. The van der Waals surface area contributed by atoms with E-state index in [-0.39, 0.29) is 11.7 Å². The number of phosphoric acid groups is 3. The van der Waals surface area contributed by atoms with Crippen LogP contribution >= 0.6 is 23.5 Å². The molecule has 2 heterocycles. The third-order valence-corrected chi connectivity index (χ3v) is 7.48. The predicted octanol–water partition coefficient (Wildman–Crippen LogP) is -1.39. The fraction of sp³-hybridized carbons (Fsp3) is 0.500. The lowest BCUT2D eigenvalue weighted by molar-refractivity contribution is -0.117. The molecule has 182 valence electrons. The van der Waals surface area contributed by atoms with Crippen LogP contribution in [0.25, 0.3) is 0 Å². The molecule has 2 rings (SSSR count). The fourth-order valence-corrected chi connectivity index (χ4v) is 5.55. The van der Waals surface area contributed by atoms with E-state index in [0.717, 1.165) is 0 Å². The SMILES string of the molecule is C=C1N=C(NC(C)=O)C=CN1[C@@H]1O[C@H](COP(=O)(O)OP(=O)(O)OP(=O)(O)O)[C@H](O)C1O. The molecule has 7 N–H and O–H groups in total. The third kappa shape index (κ3) is 7.64. The van der Waals surface area contributed by atoms with Gasteiger partial charge in [-0.1, -0.05) is 6.58 Å². The monoisotopic (exact) mass is 523 g/mol. The molecule has 2 aliphatic heterocycles. The molecule has 0 bridgehead atoms. The molecular weight excluding hydrogens is 503 g/mol. The summed E-state index contributed by atoms with van der Waals surface area (Å²) in [6, 6.07) is 0. The number of carbonyl (C=O) groups excluding carboxylic acids is 1. The number of hydrogen-bond donors (Lipinski definition) is 7. The van der Waals surface area contributed by atoms with E-state index in [1.165, 1.54) is 24.1 Å². The molecule has 0 radical (unpaired) electrons. The first kappa shape index (κ1) is 27.0. The van der Waals surface area contributed by atoms with Gasteiger partial charge in [0.05, 0.1) is 6.61 Å². The zero-order valence-corrected chi connectivity index (χ0v) is 18.7. The quantitative estimate of drug-likeness (QED) is 0.181. The molecule has 20 heteroatoms. The van der Waals surface area contributed by atoms with E-state index >= 15 is 0 Å². The lowest BCUT2D eigenvalue weighted by atomic mass is 10.1. The molecule has 0 aliphatic carbocycles. The first-order valence-electron chi connectivity index (χ1n) is 8.31. The summed E-state index contributed by atoms with van der Waals surface area (Å²) >= 11 is 0. The molecule has 0 spiro atoms. The van der Waals surface area contributed by atoms with E-state index < -0.39 is 60.5 Å². The molecule has 0 aromatic rings. The highest BCUT2D eigenvalue weighted by Crippen LogP contribution is 2.66. The lowest BCUT2D eigenvalue weighted by Gasteiger charge is -2.30. The molecule has 1 saturated heterocycles. The van der Waals surface area contributed by atoms with E-state index in [4.69, 9.17) is 19.4 Å². The maximum absolute atomic E-state index is 11.8. The maximum atomic E-state index is 11.8. The van der Waals surface area contributed by atoms with Crippen molar-refractivity contribution < 1.29 is 66.2 Å². The Morgan fingerprint density at radius 2 is 1.81 bits per heavy atom. The van der Waals surface area contributed by atoms with Gasteiger partial charge in [0, 0.05) is 13.1 Å². The Bertz CT molecular complexity index is 962. The zero-order chi connectivity index (χ0) is 24.5. The second-order valence-electron chi connectivity index (χ2n) is 6.25. The van der Waals surface area contributed by atoms with Gasteiger partial charge in [-0.25, -0.2) is 18.7 Å². The summed E-state index contributed by atoms with van der Waals surface area (Å²) in [5.41, 5.74) is 0. The van der Waals surface area contributed by atoms with Crippen molar-refractivity contribution in [2.24, 2.45) is 4.99 Å². The normalized spacial score (nSPS) is 29.9. The second kappa shape index (κ2) is 9.91. The number of hydrogen-bond acceptors (Lipinski definition) is 12. The molecular formula is C12H20N3O14P3. The molecule has 0 aromatic carbocycles. The van der Waals surface area contributed by atoms with Gasteiger partial charge in [0.25, 0.3) is 0 Å². The number of aliphatic hydroxyl groups excluding tert-OH is 2. The minimum absolute atomic E-state index is 0.000959. The van der Waals surface area contributed by atoms with Gasteiger partial charge in [0.2, 0.25) is 5.91 Å². The van der Waals surface area contributed by atoms with E-state index in [2.05, 4.69) is 30.0 Å². The van der Waals surface area contributed by atoms with Crippen LogP contribution in [0.15, 0.2) is 29.7 Å². The molecule has 3 unspecified atom stereocenters. The van der Waals surface area contributed by atoms with Crippen LogP contribution in [-0.2, 0) is 36.4 Å². The highest BCUT2D eigenvalue weighted by molar-refractivity contribution is 7.66. The average Bonchev–Trinajstić information content (AvgIpc) is 2.85. The summed E-state index contributed by atoms with van der Waals surface area (Å²) in [5, 5.41) is 22.8. The second-order valence-corrected chi connectivity index (χ2v) is 10.7. The zero-order valence-electron chi connectivity index (χ0n) is 16.1. The third-order valence-electron chi connectivity index (χ3n) is 3.67. The van der Waals surface area contributed by atoms with Gasteiger partial charge in [-0.05, 0) is 6.08 Å². The summed E-state index contributed by atoms with van der Waals surface area (Å²) in [6.07, 6.45) is -3.39. The maximum Gasteiger partial charge on any atom is 0.490 e. The predicted molar refractivity (Wildman–Crippen MR) is 102 cm³/mol. The Morgan fingerprint density at radius 3 is 2.34 bits per heavy atom. The van der Waals surface area contributed by atoms with Gasteiger partial charge < -0.3 is 44.7 Å². The van der Waals surface area contributed by atoms with Crippen LogP contribution in [0, 0.1) is 0 Å². The summed E-state index contributed by atoms with van der Waals surface area (Å²) in [5.74, 6) is -0.245. The minimum atomic E-state index is -5.71. The van der Waals surface area contributed by atoms with Crippen LogP contribution in [0.3, 0.4) is 0 Å². The number of aliphatic imine (C=N–C) groups is 1. The van der Waals surface area contributed by atoms with Crippen molar-refractivity contribution in [2.75, 3.05) is 6.61 Å². The van der Waals surface area contributed by atoms with Gasteiger partial charge >= 0.3 is 23.5 Å². The van der Waals surface area contributed by atoms with Gasteiger partial charge in [-0.15, -0.1) is 0 Å². The number of amides is 1.